The third-order valence-electron chi connectivity index (χ3n) is 7.68. The molecule has 0 N–H and O–H groups in total. The highest BCUT2D eigenvalue weighted by atomic mass is 19.4. The van der Waals surface area contributed by atoms with Crippen LogP contribution in [0.4, 0.5) is 13.2 Å². The number of imidazole rings is 1. The number of hydrogen-bond acceptors (Lipinski definition) is 5. The number of halogens is 3. The summed E-state index contributed by atoms with van der Waals surface area (Å²) in [6.45, 7) is 1.74. The molecule has 11 heteroatoms. The van der Waals surface area contributed by atoms with Gasteiger partial charge in [-0.2, -0.15) is 13.2 Å². The van der Waals surface area contributed by atoms with Gasteiger partial charge in [-0.15, -0.1) is 10.2 Å². The minimum absolute atomic E-state index is 0.136. The van der Waals surface area contributed by atoms with Gasteiger partial charge < -0.3 is 9.30 Å². The van der Waals surface area contributed by atoms with Gasteiger partial charge in [0.2, 0.25) is 0 Å². The Morgan fingerprint density at radius 1 is 1.23 bits per heavy atom. The second-order valence-electron chi connectivity index (χ2n) is 10.7. The van der Waals surface area contributed by atoms with Crippen molar-refractivity contribution in [3.63, 3.8) is 0 Å². The Bertz CT molecular complexity index is 1640. The van der Waals surface area contributed by atoms with E-state index in [0.29, 0.717) is 32.0 Å². The number of pyridine rings is 1. The standard InChI is InChI=1S/C28H31F3N6O2/c1-18-5-4-8-35(11-18)12-19-9-23(28(29,30)31)24-14-36(27(38)37(24)13-19)22-7-3-6-20(10-22)25(21-15-39-16-21)26-33-32-17-34(26)2/h3,6-7,9-10,13-14,17-18,21,25H,4-5,8,11-12,15-16H2,1-2H3/t18-,25-/m0/s1/i12D2. The van der Waals surface area contributed by atoms with E-state index in [9.17, 15) is 18.0 Å². The fraction of sp³-hybridized carbons (Fsp3) is 0.464. The maximum Gasteiger partial charge on any atom is 0.418 e. The highest BCUT2D eigenvalue weighted by Crippen LogP contribution is 2.36. The van der Waals surface area contributed by atoms with Crippen LogP contribution in [0.3, 0.4) is 0 Å². The van der Waals surface area contributed by atoms with E-state index in [0.717, 1.165) is 34.7 Å². The van der Waals surface area contributed by atoms with Gasteiger partial charge in [-0.05, 0) is 54.6 Å². The third kappa shape index (κ3) is 4.89. The lowest BCUT2D eigenvalue weighted by atomic mass is 9.84. The molecule has 0 spiro atoms. The highest BCUT2D eigenvalue weighted by Gasteiger charge is 2.36. The van der Waals surface area contributed by atoms with Crippen molar-refractivity contribution in [3.8, 4) is 5.69 Å². The minimum atomic E-state index is -4.80. The smallest absolute Gasteiger partial charge is 0.381 e. The number of likely N-dealkylation sites (tertiary alicyclic amines) is 1. The second-order valence-corrected chi connectivity index (χ2v) is 10.7. The van der Waals surface area contributed by atoms with Crippen LogP contribution in [0.1, 0.15) is 50.9 Å². The summed E-state index contributed by atoms with van der Waals surface area (Å²) in [6.07, 6.45) is 0.886. The monoisotopic (exact) mass is 542 g/mol. The van der Waals surface area contributed by atoms with Crippen LogP contribution in [-0.2, 0) is 24.5 Å². The molecule has 2 aliphatic rings. The van der Waals surface area contributed by atoms with E-state index in [1.165, 1.54) is 17.0 Å². The number of aryl methyl sites for hydroxylation is 1. The van der Waals surface area contributed by atoms with Gasteiger partial charge in [0.1, 0.15) is 12.2 Å². The average Bonchev–Trinajstić information content (AvgIpc) is 3.47. The van der Waals surface area contributed by atoms with Crippen molar-refractivity contribution < 1.29 is 20.6 Å². The van der Waals surface area contributed by atoms with Crippen LogP contribution in [0.15, 0.2) is 53.8 Å². The van der Waals surface area contributed by atoms with Crippen LogP contribution in [0.5, 0.6) is 0 Å². The summed E-state index contributed by atoms with van der Waals surface area (Å²) in [7, 11) is 1.84. The quantitative estimate of drug-likeness (QED) is 0.365. The van der Waals surface area contributed by atoms with Crippen molar-refractivity contribution in [2.45, 2.75) is 38.4 Å². The first-order valence-electron chi connectivity index (χ1n) is 14.1. The summed E-state index contributed by atoms with van der Waals surface area (Å²) >= 11 is 0. The molecule has 0 aliphatic carbocycles. The highest BCUT2D eigenvalue weighted by molar-refractivity contribution is 5.58. The Balaban J connectivity index is 1.47. The van der Waals surface area contributed by atoms with Gasteiger partial charge in [0.05, 0.1) is 35.9 Å². The van der Waals surface area contributed by atoms with Gasteiger partial charge in [-0.3, -0.25) is 13.9 Å². The Kier molecular flexibility index (Phi) is 5.98. The molecule has 2 saturated heterocycles. The molecule has 0 amide bonds. The van der Waals surface area contributed by atoms with Crippen molar-refractivity contribution in [3.05, 3.63) is 82.1 Å². The normalized spacial score (nSPS) is 21.0. The topological polar surface area (TPSA) is 69.6 Å². The van der Waals surface area contributed by atoms with Crippen molar-refractivity contribution in [1.82, 2.24) is 28.6 Å². The largest absolute Gasteiger partial charge is 0.418 e. The van der Waals surface area contributed by atoms with E-state index in [4.69, 9.17) is 7.48 Å². The van der Waals surface area contributed by atoms with Gasteiger partial charge in [-0.25, -0.2) is 4.79 Å². The van der Waals surface area contributed by atoms with Crippen molar-refractivity contribution in [1.29, 1.82) is 0 Å². The summed E-state index contributed by atoms with van der Waals surface area (Å²) in [5.74, 6) is 0.901. The summed E-state index contributed by atoms with van der Waals surface area (Å²) < 4.78 is 69.9. The Labute approximate surface area is 226 Å². The van der Waals surface area contributed by atoms with Crippen LogP contribution in [0.2, 0.25) is 0 Å². The lowest BCUT2D eigenvalue weighted by Gasteiger charge is -2.33. The van der Waals surface area contributed by atoms with Crippen LogP contribution in [0, 0.1) is 11.8 Å². The predicted octanol–water partition coefficient (Wildman–Crippen LogP) is 4.25. The zero-order valence-corrected chi connectivity index (χ0v) is 21.7. The van der Waals surface area contributed by atoms with E-state index < -0.39 is 23.9 Å². The molecule has 39 heavy (non-hydrogen) atoms. The molecule has 5 heterocycles. The van der Waals surface area contributed by atoms with E-state index in [-0.39, 0.29) is 28.8 Å². The molecular weight excluding hydrogens is 509 g/mol. The van der Waals surface area contributed by atoms with E-state index in [1.807, 2.05) is 24.6 Å². The molecule has 0 radical (unpaired) electrons. The van der Waals surface area contributed by atoms with E-state index >= 15 is 0 Å². The number of alkyl halides is 3. The number of aromatic nitrogens is 5. The van der Waals surface area contributed by atoms with E-state index in [1.54, 1.807) is 29.4 Å². The van der Waals surface area contributed by atoms with Gasteiger partial charge >= 0.3 is 11.9 Å². The van der Waals surface area contributed by atoms with Gasteiger partial charge in [0.15, 0.2) is 0 Å². The summed E-state index contributed by atoms with van der Waals surface area (Å²) in [6, 6.07) is 7.94. The predicted molar refractivity (Wildman–Crippen MR) is 139 cm³/mol. The van der Waals surface area contributed by atoms with Gasteiger partial charge in [-0.1, -0.05) is 19.1 Å². The van der Waals surface area contributed by atoms with Gasteiger partial charge in [0, 0.05) is 41.1 Å². The number of hydrogen-bond donors (Lipinski definition) is 0. The first-order chi connectivity index (χ1) is 19.4. The fourth-order valence-corrected chi connectivity index (χ4v) is 5.66. The van der Waals surface area contributed by atoms with Crippen molar-refractivity contribution in [2.75, 3.05) is 26.3 Å². The number of piperidine rings is 1. The zero-order chi connectivity index (χ0) is 29.1. The maximum atomic E-state index is 14.3. The first kappa shape index (κ1) is 23.4. The summed E-state index contributed by atoms with van der Waals surface area (Å²) in [5, 5.41) is 8.29. The Hall–Kier alpha value is -3.44. The molecule has 1 aromatic carbocycles. The Morgan fingerprint density at radius 3 is 2.72 bits per heavy atom. The maximum absolute atomic E-state index is 14.3. The third-order valence-corrected chi connectivity index (χ3v) is 7.68. The minimum Gasteiger partial charge on any atom is -0.381 e. The SMILES string of the molecule is [2H]C([2H])(c1cc(C(F)(F)F)c2cn(-c3cccc([C@H](c4nncn4C)C4COC4)c3)c(=O)n2c1)N1CCC[C@H](C)C1. The van der Waals surface area contributed by atoms with Crippen LogP contribution >= 0.6 is 0 Å². The lowest BCUT2D eigenvalue weighted by molar-refractivity contribution is -0.136. The van der Waals surface area contributed by atoms with E-state index in [2.05, 4.69) is 10.2 Å². The number of nitrogens with zero attached hydrogens (tertiary/aromatic N) is 6. The number of benzene rings is 1. The summed E-state index contributed by atoms with van der Waals surface area (Å²) in [5.41, 5.74) is -1.08. The molecule has 2 atom stereocenters. The molecule has 3 aromatic heterocycles. The van der Waals surface area contributed by atoms with Crippen molar-refractivity contribution >= 4 is 5.52 Å². The molecule has 4 aromatic rings. The molecular formula is C28H31F3N6O2. The molecule has 2 fully saturated rings. The lowest BCUT2D eigenvalue weighted by Crippen LogP contribution is -2.35. The van der Waals surface area contributed by atoms with Crippen LogP contribution < -0.4 is 5.69 Å². The first-order valence-corrected chi connectivity index (χ1v) is 13.1. The van der Waals surface area contributed by atoms with Crippen molar-refractivity contribution in [2.24, 2.45) is 18.9 Å². The molecule has 2 aliphatic heterocycles. The summed E-state index contributed by atoms with van der Waals surface area (Å²) in [4.78, 5) is 15.2. The fourth-order valence-electron chi connectivity index (χ4n) is 5.66. The second kappa shape index (κ2) is 9.95. The molecule has 8 nitrogen and oxygen atoms in total. The molecule has 0 saturated carbocycles. The van der Waals surface area contributed by atoms with Crippen LogP contribution in [-0.4, -0.2) is 54.9 Å². The average molecular weight is 543 g/mol. The number of rotatable bonds is 6. The molecule has 6 rings (SSSR count). The molecule has 206 valence electrons. The molecule has 0 bridgehead atoms. The Morgan fingerprint density at radius 2 is 2.05 bits per heavy atom. The molecule has 0 unspecified atom stereocenters. The number of fused-ring (bicyclic) bond motifs is 1. The van der Waals surface area contributed by atoms with Gasteiger partial charge in [0.25, 0.3) is 0 Å². The van der Waals surface area contributed by atoms with Crippen LogP contribution in [0.25, 0.3) is 11.2 Å². The number of ether oxygens (including phenoxy) is 1. The zero-order valence-electron chi connectivity index (χ0n) is 23.7.